The fourth-order valence-electron chi connectivity index (χ4n) is 1.13. The number of nitrogens with zero attached hydrogens (tertiary/aromatic N) is 4. The van der Waals surface area contributed by atoms with Gasteiger partial charge in [0.25, 0.3) is 0 Å². The summed E-state index contributed by atoms with van der Waals surface area (Å²) in [5, 5.41) is 8.81. The van der Waals surface area contributed by atoms with E-state index in [0.717, 1.165) is 0 Å². The molecule has 1 aromatic heterocycles. The zero-order chi connectivity index (χ0) is 12.8. The zero-order valence-corrected chi connectivity index (χ0v) is 9.58. The van der Waals surface area contributed by atoms with Crippen molar-refractivity contribution in [2.45, 2.75) is 13.8 Å². The Hall–Kier alpha value is -2.37. The summed E-state index contributed by atoms with van der Waals surface area (Å²) in [4.78, 5) is 26.1. The fourth-order valence-corrected chi connectivity index (χ4v) is 1.13. The Labute approximate surface area is 98.5 Å². The second kappa shape index (κ2) is 5.64. The lowest BCUT2D eigenvalue weighted by atomic mass is 10.2. The zero-order valence-electron chi connectivity index (χ0n) is 9.58. The van der Waals surface area contributed by atoms with Crippen molar-refractivity contribution in [2.24, 2.45) is 9.98 Å². The maximum Gasteiger partial charge on any atom is 0.373 e. The van der Waals surface area contributed by atoms with E-state index >= 15 is 0 Å². The summed E-state index contributed by atoms with van der Waals surface area (Å²) in [7, 11) is 0. The predicted molar refractivity (Wildman–Crippen MR) is 65.4 cm³/mol. The monoisotopic (exact) mass is 232 g/mol. The number of aryl methyl sites for hydroxylation is 1. The largest absolute Gasteiger partial charge is 0.475 e. The standard InChI is InChI=1S/C11H12N4O2/c1-4-13-6-8(12-3)9-7(2)5-14-10(15-9)11(16)17/h4-6H,3H2,1-2H3,(H,16,17)/b8-6-,13-4-. The summed E-state index contributed by atoms with van der Waals surface area (Å²) >= 11 is 0. The van der Waals surface area contributed by atoms with Gasteiger partial charge >= 0.3 is 5.97 Å². The minimum absolute atomic E-state index is 0.277. The molecule has 0 aliphatic heterocycles. The van der Waals surface area contributed by atoms with Crippen LogP contribution >= 0.6 is 0 Å². The van der Waals surface area contributed by atoms with Gasteiger partial charge in [0.1, 0.15) is 5.70 Å². The van der Waals surface area contributed by atoms with Gasteiger partial charge < -0.3 is 5.11 Å². The van der Waals surface area contributed by atoms with Crippen LogP contribution in [0.5, 0.6) is 0 Å². The number of aliphatic imine (C=N–C) groups is 2. The minimum Gasteiger partial charge on any atom is -0.475 e. The summed E-state index contributed by atoms with van der Waals surface area (Å²) in [6.45, 7) is 6.92. The van der Waals surface area contributed by atoms with E-state index < -0.39 is 5.97 Å². The van der Waals surface area contributed by atoms with Crippen LogP contribution in [0.2, 0.25) is 0 Å². The molecule has 0 amide bonds. The molecule has 6 nitrogen and oxygen atoms in total. The molecule has 6 heteroatoms. The van der Waals surface area contributed by atoms with E-state index in [0.29, 0.717) is 17.0 Å². The second-order valence-corrected chi connectivity index (χ2v) is 3.11. The van der Waals surface area contributed by atoms with E-state index in [-0.39, 0.29) is 5.82 Å². The lowest BCUT2D eigenvalue weighted by molar-refractivity contribution is 0.0683. The maximum absolute atomic E-state index is 10.8. The number of aromatic carboxylic acids is 1. The Kier molecular flexibility index (Phi) is 4.21. The molecule has 0 saturated carbocycles. The average molecular weight is 232 g/mol. The Morgan fingerprint density at radius 3 is 2.82 bits per heavy atom. The summed E-state index contributed by atoms with van der Waals surface area (Å²) < 4.78 is 0. The Morgan fingerprint density at radius 2 is 2.29 bits per heavy atom. The van der Waals surface area contributed by atoms with Gasteiger partial charge in [0.15, 0.2) is 0 Å². The van der Waals surface area contributed by atoms with Crippen LogP contribution in [0.15, 0.2) is 22.4 Å². The van der Waals surface area contributed by atoms with E-state index in [2.05, 4.69) is 26.7 Å². The molecule has 1 rings (SSSR count). The Balaban J connectivity index is 3.32. The van der Waals surface area contributed by atoms with E-state index in [1.54, 1.807) is 20.1 Å². The summed E-state index contributed by atoms with van der Waals surface area (Å²) in [5.41, 5.74) is 1.53. The van der Waals surface area contributed by atoms with E-state index in [1.807, 2.05) is 0 Å². The number of hydrogen-bond donors (Lipinski definition) is 1. The van der Waals surface area contributed by atoms with Crippen molar-refractivity contribution in [2.75, 3.05) is 0 Å². The molecule has 0 aromatic carbocycles. The van der Waals surface area contributed by atoms with Gasteiger partial charge in [-0.2, -0.15) is 0 Å². The van der Waals surface area contributed by atoms with Crippen LogP contribution in [0, 0.1) is 6.92 Å². The van der Waals surface area contributed by atoms with Crippen molar-refractivity contribution in [3.63, 3.8) is 0 Å². The van der Waals surface area contributed by atoms with Gasteiger partial charge in [0.2, 0.25) is 5.82 Å². The van der Waals surface area contributed by atoms with Gasteiger partial charge in [-0.25, -0.2) is 14.8 Å². The molecule has 88 valence electrons. The molecule has 0 fully saturated rings. The third-order valence-corrected chi connectivity index (χ3v) is 1.92. The summed E-state index contributed by atoms with van der Waals surface area (Å²) in [6, 6.07) is 0. The van der Waals surface area contributed by atoms with Gasteiger partial charge in [-0.05, 0) is 26.1 Å². The highest BCUT2D eigenvalue weighted by molar-refractivity contribution is 5.84. The number of carboxylic acid groups (broad SMARTS) is 1. The first-order valence-electron chi connectivity index (χ1n) is 4.82. The number of rotatable bonds is 4. The topological polar surface area (TPSA) is 87.8 Å². The SMILES string of the molecule is C=N/C(=C\N=C/C)c1nc(C(=O)O)ncc1C. The first-order chi connectivity index (χ1) is 8.10. The van der Waals surface area contributed by atoms with E-state index in [4.69, 9.17) is 5.11 Å². The second-order valence-electron chi connectivity index (χ2n) is 3.11. The number of carboxylic acids is 1. The molecule has 0 saturated heterocycles. The number of hydrogen-bond acceptors (Lipinski definition) is 5. The highest BCUT2D eigenvalue weighted by Crippen LogP contribution is 2.16. The van der Waals surface area contributed by atoms with Crippen LogP contribution in [-0.4, -0.2) is 34.0 Å². The Morgan fingerprint density at radius 1 is 1.59 bits per heavy atom. The first kappa shape index (κ1) is 12.7. The van der Waals surface area contributed by atoms with Crippen LogP contribution in [0.3, 0.4) is 0 Å². The normalized spacial score (nSPS) is 11.8. The van der Waals surface area contributed by atoms with Crippen LogP contribution in [0.1, 0.15) is 28.8 Å². The van der Waals surface area contributed by atoms with E-state index in [9.17, 15) is 4.79 Å². The molecule has 0 radical (unpaired) electrons. The summed E-state index contributed by atoms with van der Waals surface area (Å²) in [5.74, 6) is -1.46. The molecule has 0 aliphatic rings. The highest BCUT2D eigenvalue weighted by Gasteiger charge is 2.12. The predicted octanol–water partition coefficient (Wildman–Crippen LogP) is 1.57. The molecule has 0 unspecified atom stereocenters. The minimum atomic E-state index is -1.19. The fraction of sp³-hybridized carbons (Fsp3) is 0.182. The third-order valence-electron chi connectivity index (χ3n) is 1.92. The molecule has 1 heterocycles. The van der Waals surface area contributed by atoms with Gasteiger partial charge in [-0.15, -0.1) is 0 Å². The highest BCUT2D eigenvalue weighted by atomic mass is 16.4. The van der Waals surface area contributed by atoms with E-state index in [1.165, 1.54) is 12.4 Å². The third kappa shape index (κ3) is 3.04. The van der Waals surface area contributed by atoms with Gasteiger partial charge in [0.05, 0.1) is 11.9 Å². The molecule has 0 aliphatic carbocycles. The van der Waals surface area contributed by atoms with Crippen molar-refractivity contribution in [3.8, 4) is 0 Å². The van der Waals surface area contributed by atoms with Crippen LogP contribution < -0.4 is 0 Å². The van der Waals surface area contributed by atoms with Crippen molar-refractivity contribution >= 4 is 24.6 Å². The average Bonchev–Trinajstić information content (AvgIpc) is 2.31. The van der Waals surface area contributed by atoms with Crippen molar-refractivity contribution in [3.05, 3.63) is 29.5 Å². The molecule has 17 heavy (non-hydrogen) atoms. The lowest BCUT2D eigenvalue weighted by Gasteiger charge is -2.04. The van der Waals surface area contributed by atoms with Gasteiger partial charge in [-0.3, -0.25) is 9.98 Å². The Bertz CT molecular complexity index is 506. The van der Waals surface area contributed by atoms with Crippen LogP contribution in [0.4, 0.5) is 0 Å². The van der Waals surface area contributed by atoms with Gasteiger partial charge in [-0.1, -0.05) is 0 Å². The molecule has 1 N–H and O–H groups in total. The molecule has 0 atom stereocenters. The molecular weight excluding hydrogens is 220 g/mol. The van der Waals surface area contributed by atoms with Crippen LogP contribution in [-0.2, 0) is 0 Å². The molecule has 1 aromatic rings. The quantitative estimate of drug-likeness (QED) is 0.798. The van der Waals surface area contributed by atoms with Crippen LogP contribution in [0.25, 0.3) is 5.70 Å². The first-order valence-corrected chi connectivity index (χ1v) is 4.82. The van der Waals surface area contributed by atoms with Gasteiger partial charge in [0, 0.05) is 12.4 Å². The smallest absolute Gasteiger partial charge is 0.373 e. The number of carbonyl (C=O) groups is 1. The summed E-state index contributed by atoms with van der Waals surface area (Å²) in [6.07, 6.45) is 4.48. The number of aromatic nitrogens is 2. The molecule has 0 bridgehead atoms. The van der Waals surface area contributed by atoms with Crippen molar-refractivity contribution in [1.82, 2.24) is 9.97 Å². The van der Waals surface area contributed by atoms with Crippen molar-refractivity contribution < 1.29 is 9.90 Å². The van der Waals surface area contributed by atoms with Crippen molar-refractivity contribution in [1.29, 1.82) is 0 Å². The maximum atomic E-state index is 10.8. The molecular formula is C11H12N4O2. The molecule has 0 spiro atoms. The lowest BCUT2D eigenvalue weighted by Crippen LogP contribution is -2.07.